The number of hydrogen-bond donors (Lipinski definition) is 0. The summed E-state index contributed by atoms with van der Waals surface area (Å²) in [6, 6.07) is 0. The van der Waals surface area contributed by atoms with E-state index in [9.17, 15) is 8.78 Å². The number of rotatable bonds is 6. The van der Waals surface area contributed by atoms with E-state index in [1.54, 1.807) is 0 Å². The lowest BCUT2D eigenvalue weighted by atomic mass is 10.2. The highest BCUT2D eigenvalue weighted by Gasteiger charge is 2.01. The predicted octanol–water partition coefficient (Wildman–Crippen LogP) is 2.96. The molecule has 0 spiro atoms. The maximum atomic E-state index is 11.4. The number of alkyl halides is 3. The van der Waals surface area contributed by atoms with Gasteiger partial charge in [0.25, 0.3) is 0 Å². The lowest BCUT2D eigenvalue weighted by Crippen LogP contribution is -2.01. The molecule has 0 N–H and O–H groups in total. The van der Waals surface area contributed by atoms with Crippen molar-refractivity contribution >= 4 is 15.9 Å². The van der Waals surface area contributed by atoms with Crippen LogP contribution < -0.4 is 0 Å². The molecule has 4 heteroatoms. The Hall–Kier alpha value is 0.0400. The molecule has 0 amide bonds. The third-order valence-electron chi connectivity index (χ3n) is 1.15. The molecule has 0 atom stereocenters. The summed E-state index contributed by atoms with van der Waals surface area (Å²) in [5.41, 5.74) is 0.933. The Morgan fingerprint density at radius 2 is 2.09 bits per heavy atom. The van der Waals surface area contributed by atoms with Crippen LogP contribution in [0, 0.1) is 0 Å². The molecule has 0 saturated heterocycles. The van der Waals surface area contributed by atoms with Crippen LogP contribution >= 0.6 is 15.9 Å². The van der Waals surface area contributed by atoms with Crippen LogP contribution in [0.15, 0.2) is 12.2 Å². The van der Waals surface area contributed by atoms with Gasteiger partial charge < -0.3 is 4.74 Å². The van der Waals surface area contributed by atoms with Gasteiger partial charge in [-0.2, -0.15) is 8.78 Å². The van der Waals surface area contributed by atoms with Crippen molar-refractivity contribution in [1.82, 2.24) is 0 Å². The molecule has 0 fully saturated rings. The summed E-state index contributed by atoms with van der Waals surface area (Å²) in [4.78, 5) is 0. The number of hydrogen-bond acceptors (Lipinski definition) is 1. The van der Waals surface area contributed by atoms with Gasteiger partial charge in [0.2, 0.25) is 0 Å². The van der Waals surface area contributed by atoms with Crippen molar-refractivity contribution in [2.75, 3.05) is 11.9 Å². The highest BCUT2D eigenvalue weighted by Crippen LogP contribution is 2.07. The van der Waals surface area contributed by atoms with Crippen molar-refractivity contribution in [3.05, 3.63) is 12.2 Å². The molecule has 0 unspecified atom stereocenters. The minimum Gasteiger partial charge on any atom is -0.323 e. The fourth-order valence-electron chi connectivity index (χ4n) is 0.551. The number of ether oxygens (including phenoxy) is 1. The van der Waals surface area contributed by atoms with Crippen LogP contribution in [0.3, 0.4) is 0 Å². The summed E-state index contributed by atoms with van der Waals surface area (Å²) in [7, 11) is 0. The Bertz CT molecular complexity index is 117. The average molecular weight is 229 g/mol. The largest absolute Gasteiger partial charge is 0.345 e. The molecule has 0 aliphatic rings. The summed E-state index contributed by atoms with van der Waals surface area (Å²) in [5, 5.41) is 0.820. The molecule has 66 valence electrons. The molecule has 0 rings (SSSR count). The van der Waals surface area contributed by atoms with E-state index in [0.29, 0.717) is 6.42 Å². The Morgan fingerprint density at radius 1 is 1.45 bits per heavy atom. The Morgan fingerprint density at radius 3 is 2.55 bits per heavy atom. The maximum Gasteiger partial charge on any atom is 0.345 e. The minimum atomic E-state index is -2.66. The quantitative estimate of drug-likeness (QED) is 0.502. The molecule has 0 aliphatic carbocycles. The van der Waals surface area contributed by atoms with Crippen molar-refractivity contribution in [2.45, 2.75) is 19.5 Å². The zero-order valence-corrected chi connectivity index (χ0v) is 7.74. The highest BCUT2D eigenvalue weighted by molar-refractivity contribution is 9.09. The van der Waals surface area contributed by atoms with Crippen molar-refractivity contribution in [3.8, 4) is 0 Å². The van der Waals surface area contributed by atoms with Crippen LogP contribution in [0.5, 0.6) is 0 Å². The van der Waals surface area contributed by atoms with Gasteiger partial charge in [0.05, 0.1) is 6.61 Å². The Labute approximate surface area is 73.6 Å². The van der Waals surface area contributed by atoms with Gasteiger partial charge in [-0.25, -0.2) is 0 Å². The lowest BCUT2D eigenvalue weighted by Gasteiger charge is -2.03. The van der Waals surface area contributed by atoms with Crippen LogP contribution in [-0.4, -0.2) is 18.5 Å². The molecule has 1 nitrogen and oxygen atoms in total. The third-order valence-corrected chi connectivity index (χ3v) is 1.54. The van der Waals surface area contributed by atoms with E-state index in [1.165, 1.54) is 0 Å². The zero-order valence-electron chi connectivity index (χ0n) is 6.16. The third kappa shape index (κ3) is 7.94. The molecule has 0 aromatic rings. The Balaban J connectivity index is 3.17. The molecule has 0 bridgehead atoms. The van der Waals surface area contributed by atoms with Gasteiger partial charge in [0.1, 0.15) is 0 Å². The van der Waals surface area contributed by atoms with Crippen molar-refractivity contribution in [1.29, 1.82) is 0 Å². The maximum absolute atomic E-state index is 11.4. The van der Waals surface area contributed by atoms with Crippen molar-refractivity contribution in [3.63, 3.8) is 0 Å². The average Bonchev–Trinajstić information content (AvgIpc) is 1.87. The minimum absolute atomic E-state index is 0.0590. The standard InChI is InChI=1S/C7H11BrF2O/c1-6(2-4-8)3-5-11-7(9)10/h7H,1-5H2. The van der Waals surface area contributed by atoms with Crippen LogP contribution in [-0.2, 0) is 4.74 Å². The fraction of sp³-hybridized carbons (Fsp3) is 0.714. The lowest BCUT2D eigenvalue weighted by molar-refractivity contribution is -0.127. The molecular formula is C7H11BrF2O. The monoisotopic (exact) mass is 228 g/mol. The molecule has 0 aliphatic heterocycles. The van der Waals surface area contributed by atoms with E-state index in [2.05, 4.69) is 27.2 Å². The van der Waals surface area contributed by atoms with Crippen molar-refractivity contribution in [2.24, 2.45) is 0 Å². The normalized spacial score (nSPS) is 10.5. The molecule has 0 radical (unpaired) electrons. The van der Waals surface area contributed by atoms with E-state index in [4.69, 9.17) is 0 Å². The van der Waals surface area contributed by atoms with Gasteiger partial charge in [-0.1, -0.05) is 28.1 Å². The van der Waals surface area contributed by atoms with Crippen LogP contribution in [0.2, 0.25) is 0 Å². The van der Waals surface area contributed by atoms with E-state index in [1.807, 2.05) is 0 Å². The van der Waals surface area contributed by atoms with Crippen LogP contribution in [0.25, 0.3) is 0 Å². The van der Waals surface area contributed by atoms with Gasteiger partial charge in [0.15, 0.2) is 0 Å². The summed E-state index contributed by atoms with van der Waals surface area (Å²) in [6.07, 6.45) is 1.32. The first-order valence-electron chi connectivity index (χ1n) is 3.29. The number of halogens is 3. The molecular weight excluding hydrogens is 218 g/mol. The first-order chi connectivity index (χ1) is 5.16. The van der Waals surface area contributed by atoms with Gasteiger partial charge in [-0.05, 0) is 12.8 Å². The fourth-order valence-corrected chi connectivity index (χ4v) is 1.11. The Kier molecular flexibility index (Phi) is 6.76. The molecule has 0 saturated carbocycles. The zero-order chi connectivity index (χ0) is 8.69. The smallest absolute Gasteiger partial charge is 0.323 e. The van der Waals surface area contributed by atoms with Crippen LogP contribution in [0.4, 0.5) is 8.78 Å². The molecule has 0 aromatic carbocycles. The van der Waals surface area contributed by atoms with E-state index >= 15 is 0 Å². The van der Waals surface area contributed by atoms with E-state index in [-0.39, 0.29) is 6.61 Å². The molecule has 0 heterocycles. The van der Waals surface area contributed by atoms with Gasteiger partial charge in [-0.3, -0.25) is 0 Å². The second-order valence-corrected chi connectivity index (χ2v) is 2.86. The molecule has 0 aromatic heterocycles. The molecule has 11 heavy (non-hydrogen) atoms. The van der Waals surface area contributed by atoms with E-state index < -0.39 is 6.61 Å². The van der Waals surface area contributed by atoms with Crippen molar-refractivity contribution < 1.29 is 13.5 Å². The summed E-state index contributed by atoms with van der Waals surface area (Å²) >= 11 is 3.22. The second-order valence-electron chi connectivity index (χ2n) is 2.07. The topological polar surface area (TPSA) is 9.23 Å². The summed E-state index contributed by atoms with van der Waals surface area (Å²) in [6.45, 7) is 1.09. The second kappa shape index (κ2) is 6.73. The summed E-state index contributed by atoms with van der Waals surface area (Å²) < 4.78 is 26.9. The van der Waals surface area contributed by atoms with Gasteiger partial charge >= 0.3 is 6.61 Å². The SMILES string of the molecule is C=C(CCBr)CCOC(F)F. The van der Waals surface area contributed by atoms with Crippen LogP contribution in [0.1, 0.15) is 12.8 Å². The summed E-state index contributed by atoms with van der Waals surface area (Å²) in [5.74, 6) is 0. The van der Waals surface area contributed by atoms with Gasteiger partial charge in [0, 0.05) is 5.33 Å². The predicted molar refractivity (Wildman–Crippen MR) is 44.1 cm³/mol. The highest BCUT2D eigenvalue weighted by atomic mass is 79.9. The van der Waals surface area contributed by atoms with E-state index in [0.717, 1.165) is 17.3 Å². The van der Waals surface area contributed by atoms with Gasteiger partial charge in [-0.15, -0.1) is 0 Å². The first-order valence-corrected chi connectivity index (χ1v) is 4.41. The first kappa shape index (κ1) is 11.0.